The molecule has 28 heavy (non-hydrogen) atoms. The third kappa shape index (κ3) is 7.75. The number of nitrogens with one attached hydrogen (secondary N) is 3. The minimum atomic E-state index is -0.224. The van der Waals surface area contributed by atoms with Crippen LogP contribution in [0.3, 0.4) is 0 Å². The summed E-state index contributed by atoms with van der Waals surface area (Å²) in [7, 11) is 0. The molecule has 152 valence electrons. The third-order valence-electron chi connectivity index (χ3n) is 4.12. The highest BCUT2D eigenvalue weighted by Crippen LogP contribution is 2.14. The van der Waals surface area contributed by atoms with Gasteiger partial charge in [-0.3, -0.25) is 4.79 Å². The van der Waals surface area contributed by atoms with Crippen molar-refractivity contribution in [2.75, 3.05) is 18.4 Å². The van der Waals surface area contributed by atoms with Crippen molar-refractivity contribution in [3.63, 3.8) is 0 Å². The summed E-state index contributed by atoms with van der Waals surface area (Å²) in [4.78, 5) is 16.5. The van der Waals surface area contributed by atoms with Crippen LogP contribution >= 0.6 is 24.0 Å². The molecule has 2 aromatic rings. The molecule has 0 spiro atoms. The summed E-state index contributed by atoms with van der Waals surface area (Å²) in [5.74, 6) is 0.522. The summed E-state index contributed by atoms with van der Waals surface area (Å²) < 4.78 is 0. The number of guanidine groups is 1. The van der Waals surface area contributed by atoms with E-state index in [1.165, 1.54) is 17.7 Å². The molecule has 0 bridgehead atoms. The first-order valence-corrected chi connectivity index (χ1v) is 9.24. The van der Waals surface area contributed by atoms with Crippen molar-refractivity contribution < 1.29 is 9.90 Å². The molecule has 0 aliphatic heterocycles. The van der Waals surface area contributed by atoms with Gasteiger partial charge in [0.1, 0.15) is 12.3 Å². The number of amides is 1. The second-order valence-electron chi connectivity index (χ2n) is 6.25. The lowest BCUT2D eigenvalue weighted by Gasteiger charge is -2.18. The van der Waals surface area contributed by atoms with E-state index >= 15 is 0 Å². The molecule has 0 radical (unpaired) electrons. The number of phenols is 1. The Balaban J connectivity index is 0.00000392. The van der Waals surface area contributed by atoms with Crippen LogP contribution in [0.5, 0.6) is 5.75 Å². The van der Waals surface area contributed by atoms with Gasteiger partial charge >= 0.3 is 0 Å². The minimum Gasteiger partial charge on any atom is -0.508 e. The first-order valence-electron chi connectivity index (χ1n) is 9.24. The number of phenolic OH excluding ortho intramolecular Hbond substituents is 1. The number of carbonyl (C=O) groups excluding carboxylic acids is 1. The molecule has 6 nitrogen and oxygen atoms in total. The Labute approximate surface area is 183 Å². The first-order chi connectivity index (χ1) is 13.0. The molecule has 4 N–H and O–H groups in total. The fourth-order valence-corrected chi connectivity index (χ4v) is 2.55. The Morgan fingerprint density at radius 1 is 1.07 bits per heavy atom. The van der Waals surface area contributed by atoms with Crippen molar-refractivity contribution in [1.82, 2.24) is 10.6 Å². The fraction of sp³-hybridized carbons (Fsp3) is 0.333. The summed E-state index contributed by atoms with van der Waals surface area (Å²) in [6.07, 6.45) is 1.02. The Morgan fingerprint density at radius 3 is 2.29 bits per heavy atom. The number of rotatable bonds is 7. The number of anilines is 1. The molecule has 1 amide bonds. The normalized spacial score (nSPS) is 11.9. The van der Waals surface area contributed by atoms with Crippen LogP contribution in [0, 0.1) is 0 Å². The van der Waals surface area contributed by atoms with Crippen LogP contribution in [0.2, 0.25) is 0 Å². The van der Waals surface area contributed by atoms with Gasteiger partial charge in [0.2, 0.25) is 5.91 Å². The lowest BCUT2D eigenvalue weighted by Crippen LogP contribution is -2.39. The number of halogens is 1. The van der Waals surface area contributed by atoms with Crippen molar-refractivity contribution >= 4 is 41.5 Å². The first kappa shape index (κ1) is 23.7. The number of carbonyl (C=O) groups is 1. The van der Waals surface area contributed by atoms with E-state index in [4.69, 9.17) is 0 Å². The van der Waals surface area contributed by atoms with Crippen LogP contribution in [0.4, 0.5) is 5.69 Å². The maximum absolute atomic E-state index is 12.1. The van der Waals surface area contributed by atoms with Crippen molar-refractivity contribution in [2.45, 2.75) is 33.2 Å². The van der Waals surface area contributed by atoms with E-state index in [0.29, 0.717) is 18.2 Å². The summed E-state index contributed by atoms with van der Waals surface area (Å²) >= 11 is 0. The van der Waals surface area contributed by atoms with Crippen LogP contribution < -0.4 is 16.0 Å². The Morgan fingerprint density at radius 2 is 1.71 bits per heavy atom. The van der Waals surface area contributed by atoms with Crippen LogP contribution in [0.1, 0.15) is 37.9 Å². The van der Waals surface area contributed by atoms with Crippen LogP contribution in [-0.2, 0) is 11.2 Å². The van der Waals surface area contributed by atoms with E-state index in [0.717, 1.165) is 12.0 Å². The van der Waals surface area contributed by atoms with Crippen molar-refractivity contribution in [3.05, 3.63) is 59.7 Å². The predicted octanol–water partition coefficient (Wildman–Crippen LogP) is 3.83. The SMILES string of the molecule is CCNC(=NCC(=O)Nc1ccc(O)cc1)NC(C)c1ccc(CC)cc1.I. The van der Waals surface area contributed by atoms with Gasteiger partial charge in [-0.25, -0.2) is 4.99 Å². The highest BCUT2D eigenvalue weighted by atomic mass is 127. The number of benzene rings is 2. The number of nitrogens with zero attached hydrogens (tertiary/aromatic N) is 1. The summed E-state index contributed by atoms with van der Waals surface area (Å²) in [6.45, 7) is 6.87. The number of hydrogen-bond donors (Lipinski definition) is 4. The van der Waals surface area contributed by atoms with Crippen molar-refractivity contribution in [2.24, 2.45) is 4.99 Å². The smallest absolute Gasteiger partial charge is 0.246 e. The average molecular weight is 496 g/mol. The van der Waals surface area contributed by atoms with E-state index in [2.05, 4.69) is 59.1 Å². The van der Waals surface area contributed by atoms with E-state index in [9.17, 15) is 9.90 Å². The molecule has 0 saturated carbocycles. The monoisotopic (exact) mass is 496 g/mol. The van der Waals surface area contributed by atoms with Gasteiger partial charge in [-0.15, -0.1) is 24.0 Å². The topological polar surface area (TPSA) is 85.8 Å². The molecule has 0 saturated heterocycles. The van der Waals surface area contributed by atoms with Gasteiger partial charge in [0, 0.05) is 12.2 Å². The molecule has 0 fully saturated rings. The molecule has 0 aliphatic rings. The highest BCUT2D eigenvalue weighted by molar-refractivity contribution is 14.0. The van der Waals surface area contributed by atoms with E-state index in [1.54, 1.807) is 12.1 Å². The van der Waals surface area contributed by atoms with Crippen LogP contribution in [0.15, 0.2) is 53.5 Å². The zero-order valence-electron chi connectivity index (χ0n) is 16.5. The summed E-state index contributed by atoms with van der Waals surface area (Å²) in [6, 6.07) is 14.9. The molecular weight excluding hydrogens is 467 g/mol. The van der Waals surface area contributed by atoms with Crippen LogP contribution in [0.25, 0.3) is 0 Å². The molecule has 7 heteroatoms. The van der Waals surface area contributed by atoms with Gasteiger partial charge < -0.3 is 21.1 Å². The van der Waals surface area contributed by atoms with Gasteiger partial charge in [0.25, 0.3) is 0 Å². The molecule has 2 rings (SSSR count). The lowest BCUT2D eigenvalue weighted by molar-refractivity contribution is -0.114. The van der Waals surface area contributed by atoms with E-state index < -0.39 is 0 Å². The van der Waals surface area contributed by atoms with Gasteiger partial charge in [0.15, 0.2) is 5.96 Å². The largest absolute Gasteiger partial charge is 0.508 e. The van der Waals surface area contributed by atoms with E-state index in [1.807, 2.05) is 6.92 Å². The Hall–Kier alpha value is -2.29. The molecule has 0 aromatic heterocycles. The van der Waals surface area contributed by atoms with Crippen LogP contribution in [-0.4, -0.2) is 30.1 Å². The Bertz CT molecular complexity index is 761. The zero-order chi connectivity index (χ0) is 19.6. The second-order valence-corrected chi connectivity index (χ2v) is 6.25. The molecular formula is C21H29IN4O2. The predicted molar refractivity (Wildman–Crippen MR) is 126 cm³/mol. The maximum atomic E-state index is 12.1. The molecule has 1 atom stereocenters. The number of aryl methyl sites for hydroxylation is 1. The highest BCUT2D eigenvalue weighted by Gasteiger charge is 2.09. The summed E-state index contributed by atoms with van der Waals surface area (Å²) in [5, 5.41) is 18.5. The summed E-state index contributed by atoms with van der Waals surface area (Å²) in [5.41, 5.74) is 3.08. The maximum Gasteiger partial charge on any atom is 0.246 e. The molecule has 1 unspecified atom stereocenters. The van der Waals surface area contributed by atoms with Gasteiger partial charge in [0.05, 0.1) is 6.04 Å². The quantitative estimate of drug-likeness (QED) is 0.203. The average Bonchev–Trinajstić information content (AvgIpc) is 2.68. The number of hydrogen-bond acceptors (Lipinski definition) is 3. The standard InChI is InChI=1S/C21H28N4O2.HI/c1-4-16-6-8-17(9-7-16)15(3)24-21(22-5-2)23-14-20(27)25-18-10-12-19(26)13-11-18;/h6-13,15,26H,4-5,14H2,1-3H3,(H,25,27)(H2,22,23,24);1H. The van der Waals surface area contributed by atoms with Gasteiger partial charge in [-0.05, 0) is 55.7 Å². The zero-order valence-corrected chi connectivity index (χ0v) is 18.9. The Kier molecular flexibility index (Phi) is 10.4. The number of aromatic hydroxyl groups is 1. The number of aliphatic imine (C=N–C) groups is 1. The van der Waals surface area contributed by atoms with Crippen molar-refractivity contribution in [1.29, 1.82) is 0 Å². The van der Waals surface area contributed by atoms with Gasteiger partial charge in [-0.1, -0.05) is 31.2 Å². The molecule has 2 aromatic carbocycles. The van der Waals surface area contributed by atoms with Crippen molar-refractivity contribution in [3.8, 4) is 5.75 Å². The molecule has 0 heterocycles. The third-order valence-corrected chi connectivity index (χ3v) is 4.12. The molecule has 0 aliphatic carbocycles. The van der Waals surface area contributed by atoms with Gasteiger partial charge in [-0.2, -0.15) is 0 Å². The lowest BCUT2D eigenvalue weighted by atomic mass is 10.1. The van der Waals surface area contributed by atoms with E-state index in [-0.39, 0.29) is 48.2 Å². The minimum absolute atomic E-state index is 0. The second kappa shape index (κ2) is 12.2. The fourth-order valence-electron chi connectivity index (χ4n) is 2.55.